The molecule has 0 aromatic rings. The average Bonchev–Trinajstić information content (AvgIpc) is 3.03. The van der Waals surface area contributed by atoms with Crippen LogP contribution in [-0.4, -0.2) is 62.1 Å². The van der Waals surface area contributed by atoms with Gasteiger partial charge in [0.2, 0.25) is 0 Å². The highest BCUT2D eigenvalue weighted by Gasteiger charge is 2.35. The molecular weight excluding hydrogens is 411 g/mol. The molecule has 0 aromatic heterocycles. The van der Waals surface area contributed by atoms with Crippen LogP contribution < -0.4 is 5.32 Å². The molecule has 3 rings (SSSR count). The van der Waals surface area contributed by atoms with Crippen LogP contribution in [0.25, 0.3) is 0 Å². The van der Waals surface area contributed by atoms with Crippen molar-refractivity contribution in [2.45, 2.75) is 51.9 Å². The number of guanidine groups is 1. The van der Waals surface area contributed by atoms with E-state index in [2.05, 4.69) is 27.0 Å². The van der Waals surface area contributed by atoms with Gasteiger partial charge in [-0.1, -0.05) is 19.8 Å². The Morgan fingerprint density at radius 1 is 1.04 bits per heavy atom. The molecule has 0 radical (unpaired) electrons. The molecule has 0 spiro atoms. The monoisotopic (exact) mass is 448 g/mol. The second-order valence-electron chi connectivity index (χ2n) is 7.85. The van der Waals surface area contributed by atoms with E-state index in [-0.39, 0.29) is 24.0 Å². The van der Waals surface area contributed by atoms with E-state index < -0.39 is 0 Å². The van der Waals surface area contributed by atoms with E-state index >= 15 is 0 Å². The smallest absolute Gasteiger partial charge is 0.193 e. The van der Waals surface area contributed by atoms with E-state index in [1.807, 2.05) is 7.05 Å². The predicted molar refractivity (Wildman–Crippen MR) is 113 cm³/mol. The molecular formula is C19H37IN4. The van der Waals surface area contributed by atoms with E-state index in [0.717, 1.165) is 30.3 Å². The summed E-state index contributed by atoms with van der Waals surface area (Å²) in [5, 5.41) is 3.66. The van der Waals surface area contributed by atoms with Crippen molar-refractivity contribution in [3.8, 4) is 0 Å². The Hall–Kier alpha value is -0.0400. The maximum absolute atomic E-state index is 4.56. The fourth-order valence-electron chi connectivity index (χ4n) is 4.89. The van der Waals surface area contributed by atoms with Gasteiger partial charge in [-0.3, -0.25) is 4.99 Å². The number of fused-ring (bicyclic) bond motifs is 1. The number of likely N-dealkylation sites (tertiary alicyclic amines) is 2. The lowest BCUT2D eigenvalue weighted by atomic mass is 9.82. The molecule has 1 aliphatic carbocycles. The molecule has 24 heavy (non-hydrogen) atoms. The van der Waals surface area contributed by atoms with Gasteiger partial charge in [0, 0.05) is 26.7 Å². The summed E-state index contributed by atoms with van der Waals surface area (Å²) in [6.07, 6.45) is 9.82. The van der Waals surface area contributed by atoms with Gasteiger partial charge in [0.25, 0.3) is 0 Å². The maximum atomic E-state index is 4.56. The molecule has 0 amide bonds. The largest absolute Gasteiger partial charge is 0.356 e. The van der Waals surface area contributed by atoms with Crippen LogP contribution in [0.5, 0.6) is 0 Å². The molecule has 2 saturated heterocycles. The molecule has 0 aromatic carbocycles. The van der Waals surface area contributed by atoms with Gasteiger partial charge in [0.05, 0.1) is 0 Å². The Morgan fingerprint density at radius 3 is 2.21 bits per heavy atom. The van der Waals surface area contributed by atoms with E-state index in [0.29, 0.717) is 0 Å². The normalized spacial score (nSPS) is 29.2. The number of halogens is 1. The molecule has 3 aliphatic rings. The fraction of sp³-hybridized carbons (Fsp3) is 0.947. The summed E-state index contributed by atoms with van der Waals surface area (Å²) in [6, 6.07) is 0. The molecule has 3 fully saturated rings. The Bertz CT molecular complexity index is 379. The van der Waals surface area contributed by atoms with Crippen molar-refractivity contribution in [1.29, 1.82) is 0 Å². The summed E-state index contributed by atoms with van der Waals surface area (Å²) in [5.74, 6) is 3.93. The van der Waals surface area contributed by atoms with Crippen molar-refractivity contribution < 1.29 is 0 Å². The summed E-state index contributed by atoms with van der Waals surface area (Å²) in [6.45, 7) is 9.65. The Kier molecular flexibility index (Phi) is 8.61. The standard InChI is InChI=1S/C19H36N4.HI/c1-3-22-12-9-16(10-13-22)8-11-21-19(20-2)23-14-17-6-4-5-7-18(17)15-23;/h16-18H,3-15H2,1-2H3,(H,20,21);1H. The SMILES string of the molecule is CCN1CCC(CCNC(=NC)N2CC3CCCCC3C2)CC1.I. The predicted octanol–water partition coefficient (Wildman–Crippen LogP) is 3.42. The van der Waals surface area contributed by atoms with E-state index in [9.17, 15) is 0 Å². The van der Waals surface area contributed by atoms with Gasteiger partial charge < -0.3 is 15.1 Å². The highest BCUT2D eigenvalue weighted by molar-refractivity contribution is 14.0. The lowest BCUT2D eigenvalue weighted by molar-refractivity contribution is 0.187. The molecule has 2 aliphatic heterocycles. The van der Waals surface area contributed by atoms with Crippen LogP contribution in [-0.2, 0) is 0 Å². The average molecular weight is 448 g/mol. The molecule has 0 bridgehead atoms. The minimum atomic E-state index is 0. The first-order chi connectivity index (χ1) is 11.3. The van der Waals surface area contributed by atoms with Crippen LogP contribution in [0.1, 0.15) is 51.9 Å². The van der Waals surface area contributed by atoms with Crippen molar-refractivity contribution in [1.82, 2.24) is 15.1 Å². The van der Waals surface area contributed by atoms with Gasteiger partial charge in [0.1, 0.15) is 0 Å². The van der Waals surface area contributed by atoms with Crippen molar-refractivity contribution >= 4 is 29.9 Å². The minimum absolute atomic E-state index is 0. The molecule has 5 heteroatoms. The fourth-order valence-corrected chi connectivity index (χ4v) is 4.89. The van der Waals surface area contributed by atoms with Gasteiger partial charge in [0.15, 0.2) is 5.96 Å². The number of hydrogen-bond acceptors (Lipinski definition) is 2. The lowest BCUT2D eigenvalue weighted by Gasteiger charge is -2.31. The Morgan fingerprint density at radius 2 is 1.67 bits per heavy atom. The third-order valence-corrected chi connectivity index (χ3v) is 6.48. The zero-order valence-electron chi connectivity index (χ0n) is 15.7. The highest BCUT2D eigenvalue weighted by Crippen LogP contribution is 2.35. The van der Waals surface area contributed by atoms with Crippen molar-refractivity contribution in [3.63, 3.8) is 0 Å². The summed E-state index contributed by atoms with van der Waals surface area (Å²) < 4.78 is 0. The van der Waals surface area contributed by atoms with Crippen LogP contribution in [0.4, 0.5) is 0 Å². The quantitative estimate of drug-likeness (QED) is 0.406. The summed E-state index contributed by atoms with van der Waals surface area (Å²) >= 11 is 0. The van der Waals surface area contributed by atoms with Crippen LogP contribution in [0.3, 0.4) is 0 Å². The minimum Gasteiger partial charge on any atom is -0.356 e. The number of nitrogens with zero attached hydrogens (tertiary/aromatic N) is 3. The molecule has 4 nitrogen and oxygen atoms in total. The second kappa shape index (κ2) is 10.2. The number of aliphatic imine (C=N–C) groups is 1. The number of hydrogen-bond donors (Lipinski definition) is 1. The van der Waals surface area contributed by atoms with E-state index in [4.69, 9.17) is 0 Å². The maximum Gasteiger partial charge on any atom is 0.193 e. The third kappa shape index (κ3) is 5.23. The molecule has 140 valence electrons. The molecule has 2 atom stereocenters. The van der Waals surface area contributed by atoms with Gasteiger partial charge in [-0.2, -0.15) is 0 Å². The first kappa shape index (κ1) is 20.3. The molecule has 2 heterocycles. The van der Waals surface area contributed by atoms with Crippen LogP contribution in [0.2, 0.25) is 0 Å². The number of nitrogens with one attached hydrogen (secondary N) is 1. The highest BCUT2D eigenvalue weighted by atomic mass is 127. The van der Waals surface area contributed by atoms with Gasteiger partial charge in [-0.25, -0.2) is 0 Å². The number of rotatable bonds is 4. The van der Waals surface area contributed by atoms with Gasteiger partial charge in [-0.15, -0.1) is 24.0 Å². The summed E-state index contributed by atoms with van der Waals surface area (Å²) in [5.41, 5.74) is 0. The zero-order chi connectivity index (χ0) is 16.1. The Balaban J connectivity index is 0.00000208. The number of piperidine rings is 1. The molecule has 1 N–H and O–H groups in total. The van der Waals surface area contributed by atoms with Crippen LogP contribution in [0.15, 0.2) is 4.99 Å². The first-order valence-corrected chi connectivity index (χ1v) is 9.98. The lowest BCUT2D eigenvalue weighted by Crippen LogP contribution is -2.41. The van der Waals surface area contributed by atoms with Crippen molar-refractivity contribution in [2.75, 3.05) is 46.3 Å². The third-order valence-electron chi connectivity index (χ3n) is 6.48. The van der Waals surface area contributed by atoms with E-state index in [1.54, 1.807) is 0 Å². The summed E-state index contributed by atoms with van der Waals surface area (Å²) in [7, 11) is 1.95. The van der Waals surface area contributed by atoms with Gasteiger partial charge in [-0.05, 0) is 69.5 Å². The topological polar surface area (TPSA) is 30.9 Å². The molecule has 2 unspecified atom stereocenters. The first-order valence-electron chi connectivity index (χ1n) is 9.98. The van der Waals surface area contributed by atoms with Crippen molar-refractivity contribution in [2.24, 2.45) is 22.7 Å². The molecule has 1 saturated carbocycles. The van der Waals surface area contributed by atoms with E-state index in [1.165, 1.54) is 77.7 Å². The van der Waals surface area contributed by atoms with Crippen LogP contribution in [0, 0.1) is 17.8 Å². The second-order valence-corrected chi connectivity index (χ2v) is 7.85. The van der Waals surface area contributed by atoms with Gasteiger partial charge >= 0.3 is 0 Å². The van der Waals surface area contributed by atoms with Crippen LogP contribution >= 0.6 is 24.0 Å². The van der Waals surface area contributed by atoms with Crippen molar-refractivity contribution in [3.05, 3.63) is 0 Å². The zero-order valence-corrected chi connectivity index (χ0v) is 18.0. The summed E-state index contributed by atoms with van der Waals surface area (Å²) in [4.78, 5) is 9.67. The Labute approximate surface area is 165 Å².